The first kappa shape index (κ1) is 17.1. The Kier molecular flexibility index (Phi) is 5.96. The number of hydrogen-bond acceptors (Lipinski definition) is 4. The van der Waals surface area contributed by atoms with E-state index in [2.05, 4.69) is 15.7 Å². The summed E-state index contributed by atoms with van der Waals surface area (Å²) < 4.78 is 0. The number of thiazole rings is 1. The van der Waals surface area contributed by atoms with Crippen molar-refractivity contribution in [1.82, 2.24) is 15.3 Å². The van der Waals surface area contributed by atoms with E-state index in [9.17, 15) is 4.79 Å². The molecule has 1 N–H and O–H groups in total. The number of rotatable bonds is 6. The van der Waals surface area contributed by atoms with Gasteiger partial charge in [0.2, 0.25) is 5.91 Å². The van der Waals surface area contributed by atoms with Gasteiger partial charge in [-0.15, -0.1) is 11.3 Å². The maximum Gasteiger partial charge on any atom is 0.224 e. The van der Waals surface area contributed by atoms with Gasteiger partial charge >= 0.3 is 0 Å². The van der Waals surface area contributed by atoms with Crippen LogP contribution >= 0.6 is 11.3 Å². The fourth-order valence-corrected chi connectivity index (χ4v) is 4.07. The number of aromatic nitrogens is 2. The third-order valence-corrected chi connectivity index (χ3v) is 5.52. The fraction of sp³-hybridized carbons (Fsp3) is 0.526. The lowest BCUT2D eigenvalue weighted by atomic mass is 9.87. The van der Waals surface area contributed by atoms with E-state index in [0.717, 1.165) is 22.7 Å². The maximum absolute atomic E-state index is 12.0. The van der Waals surface area contributed by atoms with Gasteiger partial charge in [0.25, 0.3) is 0 Å². The second kappa shape index (κ2) is 8.38. The molecule has 1 aliphatic rings. The Hall–Kier alpha value is -1.75. The minimum absolute atomic E-state index is 0.0460. The molecule has 0 aromatic carbocycles. The molecule has 0 saturated heterocycles. The van der Waals surface area contributed by atoms with E-state index in [-0.39, 0.29) is 5.91 Å². The molecule has 24 heavy (non-hydrogen) atoms. The molecular formula is C19H25N3OS. The van der Waals surface area contributed by atoms with Gasteiger partial charge in [0.15, 0.2) is 0 Å². The van der Waals surface area contributed by atoms with Crippen LogP contribution in [-0.4, -0.2) is 22.4 Å². The number of amides is 1. The summed E-state index contributed by atoms with van der Waals surface area (Å²) in [5.41, 5.74) is 3.19. The van der Waals surface area contributed by atoms with Crippen LogP contribution in [0.1, 0.15) is 60.0 Å². The number of carbonyl (C=O) groups excluding carboxylic acids is 1. The molecule has 4 nitrogen and oxygen atoms in total. The molecule has 0 bridgehead atoms. The van der Waals surface area contributed by atoms with Gasteiger partial charge in [-0.1, -0.05) is 25.3 Å². The highest BCUT2D eigenvalue weighted by Crippen LogP contribution is 2.33. The van der Waals surface area contributed by atoms with E-state index in [0.29, 0.717) is 18.9 Å². The molecule has 2 heterocycles. The van der Waals surface area contributed by atoms with Gasteiger partial charge in [0.05, 0.1) is 17.1 Å². The molecule has 1 saturated carbocycles. The molecule has 5 heteroatoms. The smallest absolute Gasteiger partial charge is 0.224 e. The molecular weight excluding hydrogens is 318 g/mol. The van der Waals surface area contributed by atoms with Gasteiger partial charge in [0.1, 0.15) is 0 Å². The van der Waals surface area contributed by atoms with Gasteiger partial charge < -0.3 is 5.32 Å². The Balaban J connectivity index is 1.42. The summed E-state index contributed by atoms with van der Waals surface area (Å²) in [6, 6.07) is 3.89. The average Bonchev–Trinajstić information content (AvgIpc) is 3.07. The highest BCUT2D eigenvalue weighted by molar-refractivity contribution is 7.09. The highest BCUT2D eigenvalue weighted by atomic mass is 32.1. The van der Waals surface area contributed by atoms with Gasteiger partial charge in [-0.25, -0.2) is 4.98 Å². The summed E-state index contributed by atoms with van der Waals surface area (Å²) in [6.07, 6.45) is 9.58. The number of pyridine rings is 1. The Morgan fingerprint density at radius 2 is 2.12 bits per heavy atom. The molecule has 1 fully saturated rings. The van der Waals surface area contributed by atoms with Gasteiger partial charge in [-0.2, -0.15) is 0 Å². The first-order valence-electron chi connectivity index (χ1n) is 8.83. The van der Waals surface area contributed by atoms with Crippen LogP contribution in [0.3, 0.4) is 0 Å². The molecule has 0 unspecified atom stereocenters. The summed E-state index contributed by atoms with van der Waals surface area (Å²) in [7, 11) is 0. The SMILES string of the molecule is Cc1ccc(CC(=O)NCCc2nc(C3CCCCC3)cs2)cn1. The van der Waals surface area contributed by atoms with Crippen molar-refractivity contribution in [1.29, 1.82) is 0 Å². The van der Waals surface area contributed by atoms with Crippen molar-refractivity contribution in [2.75, 3.05) is 6.54 Å². The van der Waals surface area contributed by atoms with Crippen LogP contribution in [0.2, 0.25) is 0 Å². The number of hydrogen-bond donors (Lipinski definition) is 1. The van der Waals surface area contributed by atoms with E-state index in [1.54, 1.807) is 17.5 Å². The van der Waals surface area contributed by atoms with Crippen LogP contribution in [-0.2, 0) is 17.6 Å². The lowest BCUT2D eigenvalue weighted by molar-refractivity contribution is -0.120. The molecule has 0 atom stereocenters. The molecule has 0 radical (unpaired) electrons. The zero-order valence-corrected chi connectivity index (χ0v) is 15.1. The number of nitrogens with one attached hydrogen (secondary N) is 1. The summed E-state index contributed by atoms with van der Waals surface area (Å²) >= 11 is 1.73. The molecule has 128 valence electrons. The Morgan fingerprint density at radius 3 is 2.88 bits per heavy atom. The van der Waals surface area contributed by atoms with Gasteiger partial charge in [0, 0.05) is 36.2 Å². The van der Waals surface area contributed by atoms with Crippen LogP contribution in [0.4, 0.5) is 0 Å². The number of carbonyl (C=O) groups is 1. The molecule has 0 aliphatic heterocycles. The van der Waals surface area contributed by atoms with Crippen LogP contribution in [0, 0.1) is 6.92 Å². The predicted molar refractivity (Wildman–Crippen MR) is 97.3 cm³/mol. The predicted octanol–water partition coefficient (Wildman–Crippen LogP) is 3.80. The summed E-state index contributed by atoms with van der Waals surface area (Å²) in [4.78, 5) is 21.0. The molecule has 2 aromatic rings. The van der Waals surface area contributed by atoms with E-state index < -0.39 is 0 Å². The maximum atomic E-state index is 12.0. The second-order valence-electron chi connectivity index (χ2n) is 6.59. The minimum atomic E-state index is 0.0460. The van der Waals surface area contributed by atoms with Crippen LogP contribution in [0.25, 0.3) is 0 Å². The van der Waals surface area contributed by atoms with E-state index in [1.165, 1.54) is 37.8 Å². The normalized spacial score (nSPS) is 15.4. The quantitative estimate of drug-likeness (QED) is 0.868. The topological polar surface area (TPSA) is 54.9 Å². The summed E-state index contributed by atoms with van der Waals surface area (Å²) in [5, 5.41) is 6.33. The molecule has 3 rings (SSSR count). The zero-order chi connectivity index (χ0) is 16.8. The standard InChI is InChI=1S/C19H25N3OS/c1-14-7-8-15(12-21-14)11-18(23)20-10-9-19-22-17(13-24-19)16-5-3-2-4-6-16/h7-8,12-13,16H,2-6,9-11H2,1H3,(H,20,23). The van der Waals surface area contributed by atoms with Crippen molar-refractivity contribution in [3.8, 4) is 0 Å². The van der Waals surface area contributed by atoms with Crippen molar-refractivity contribution in [3.63, 3.8) is 0 Å². The van der Waals surface area contributed by atoms with Crippen molar-refractivity contribution in [3.05, 3.63) is 45.7 Å². The van der Waals surface area contributed by atoms with Crippen LogP contribution in [0.15, 0.2) is 23.7 Å². The third-order valence-electron chi connectivity index (χ3n) is 4.59. The first-order valence-corrected chi connectivity index (χ1v) is 9.71. The molecule has 1 aliphatic carbocycles. The highest BCUT2D eigenvalue weighted by Gasteiger charge is 2.18. The Labute approximate surface area is 147 Å². The summed E-state index contributed by atoms with van der Waals surface area (Å²) in [6.45, 7) is 2.59. The van der Waals surface area contributed by atoms with Crippen molar-refractivity contribution in [2.45, 2.75) is 57.8 Å². The van der Waals surface area contributed by atoms with E-state index in [1.807, 2.05) is 19.1 Å². The zero-order valence-electron chi connectivity index (χ0n) is 14.3. The van der Waals surface area contributed by atoms with Crippen LogP contribution < -0.4 is 5.32 Å². The van der Waals surface area contributed by atoms with Crippen LogP contribution in [0.5, 0.6) is 0 Å². The third kappa shape index (κ3) is 4.87. The first-order chi connectivity index (χ1) is 11.7. The minimum Gasteiger partial charge on any atom is -0.355 e. The van der Waals surface area contributed by atoms with E-state index in [4.69, 9.17) is 4.98 Å². The van der Waals surface area contributed by atoms with Crippen molar-refractivity contribution in [2.24, 2.45) is 0 Å². The molecule has 0 spiro atoms. The lowest BCUT2D eigenvalue weighted by Crippen LogP contribution is -2.27. The van der Waals surface area contributed by atoms with Gasteiger partial charge in [-0.3, -0.25) is 9.78 Å². The lowest BCUT2D eigenvalue weighted by Gasteiger charge is -2.19. The number of aryl methyl sites for hydroxylation is 1. The van der Waals surface area contributed by atoms with Crippen molar-refractivity contribution < 1.29 is 4.79 Å². The monoisotopic (exact) mass is 343 g/mol. The summed E-state index contributed by atoms with van der Waals surface area (Å²) in [5.74, 6) is 0.706. The Morgan fingerprint density at radius 1 is 1.29 bits per heavy atom. The average molecular weight is 343 g/mol. The molecule has 2 aromatic heterocycles. The largest absolute Gasteiger partial charge is 0.355 e. The fourth-order valence-electron chi connectivity index (χ4n) is 3.19. The van der Waals surface area contributed by atoms with E-state index >= 15 is 0 Å². The molecule has 1 amide bonds. The van der Waals surface area contributed by atoms with Crippen molar-refractivity contribution >= 4 is 17.2 Å². The van der Waals surface area contributed by atoms with Gasteiger partial charge in [-0.05, 0) is 31.4 Å². The number of nitrogens with zero attached hydrogens (tertiary/aromatic N) is 2. The second-order valence-corrected chi connectivity index (χ2v) is 7.53. The Bertz CT molecular complexity index is 660.